The number of likely N-dealkylation sites (tertiary alicyclic amines) is 1. The number of aromatic nitrogens is 6. The average Bonchev–Trinajstić information content (AvgIpc) is 3.10. The highest BCUT2D eigenvalue weighted by atomic mass is 19.3. The summed E-state index contributed by atoms with van der Waals surface area (Å²) in [4.78, 5) is 36.1. The van der Waals surface area contributed by atoms with Crippen molar-refractivity contribution in [1.29, 1.82) is 0 Å². The fraction of sp³-hybridized carbons (Fsp3) is 0.500. The Labute approximate surface area is 177 Å². The Morgan fingerprint density at radius 2 is 1.90 bits per heavy atom. The van der Waals surface area contributed by atoms with E-state index in [-0.39, 0.29) is 19.0 Å². The van der Waals surface area contributed by atoms with E-state index in [0.717, 1.165) is 5.56 Å². The number of hydrogen-bond donors (Lipinski definition) is 1. The van der Waals surface area contributed by atoms with E-state index in [9.17, 15) is 13.6 Å². The van der Waals surface area contributed by atoms with Crippen LogP contribution in [0.4, 0.5) is 14.6 Å². The fourth-order valence-corrected chi connectivity index (χ4v) is 3.65. The van der Waals surface area contributed by atoms with E-state index < -0.39 is 18.4 Å². The molecule has 11 heteroatoms. The zero-order chi connectivity index (χ0) is 22.1. The molecule has 1 saturated heterocycles. The minimum atomic E-state index is -2.40. The summed E-state index contributed by atoms with van der Waals surface area (Å²) in [6.07, 6.45) is 2.91. The predicted molar refractivity (Wildman–Crippen MR) is 111 cm³/mol. The van der Waals surface area contributed by atoms with Crippen LogP contribution in [0.25, 0.3) is 22.6 Å². The lowest BCUT2D eigenvalue weighted by Gasteiger charge is -2.40. The van der Waals surface area contributed by atoms with Crippen molar-refractivity contribution in [2.24, 2.45) is 5.92 Å². The van der Waals surface area contributed by atoms with Gasteiger partial charge in [-0.25, -0.2) is 33.7 Å². The first kappa shape index (κ1) is 21.0. The smallest absolute Gasteiger partial charge is 0.245 e. The van der Waals surface area contributed by atoms with Crippen molar-refractivity contribution in [3.05, 3.63) is 24.5 Å². The number of carbonyl (C=O) groups excluding carboxylic acids is 1. The van der Waals surface area contributed by atoms with Crippen molar-refractivity contribution >= 4 is 22.9 Å². The summed E-state index contributed by atoms with van der Waals surface area (Å²) in [6, 6.07) is -0.588. The largest absolute Gasteiger partial charge is 0.356 e. The van der Waals surface area contributed by atoms with Crippen LogP contribution in [-0.4, -0.2) is 65.9 Å². The monoisotopic (exact) mass is 430 g/mol. The lowest BCUT2D eigenvalue weighted by Crippen LogP contribution is -2.56. The number of halogens is 2. The van der Waals surface area contributed by atoms with Crippen molar-refractivity contribution in [2.45, 2.75) is 46.2 Å². The molecule has 1 fully saturated rings. The molecule has 1 atom stereocenters. The summed E-state index contributed by atoms with van der Waals surface area (Å²) >= 11 is 0. The van der Waals surface area contributed by atoms with E-state index in [1.807, 2.05) is 25.3 Å². The maximum absolute atomic E-state index is 12.8. The highest BCUT2D eigenvalue weighted by Gasteiger charge is 2.38. The molecule has 3 aromatic rings. The normalized spacial score (nSPS) is 15.4. The van der Waals surface area contributed by atoms with Gasteiger partial charge in [-0.3, -0.25) is 4.79 Å². The molecule has 1 aliphatic rings. The molecule has 4 rings (SSSR count). The molecular weight excluding hydrogens is 406 g/mol. The van der Waals surface area contributed by atoms with E-state index in [1.165, 1.54) is 11.2 Å². The summed E-state index contributed by atoms with van der Waals surface area (Å²) in [5.41, 5.74) is 1.90. The second-order valence-electron chi connectivity index (χ2n) is 7.54. The number of hydrogen-bond acceptors (Lipinski definition) is 7. The molecule has 3 aromatic heterocycles. The maximum Gasteiger partial charge on any atom is 0.245 e. The van der Waals surface area contributed by atoms with Gasteiger partial charge in [0.15, 0.2) is 17.0 Å². The van der Waals surface area contributed by atoms with E-state index >= 15 is 0 Å². The number of rotatable bonds is 7. The van der Waals surface area contributed by atoms with E-state index in [4.69, 9.17) is 4.98 Å². The Bertz CT molecular complexity index is 1080. The van der Waals surface area contributed by atoms with E-state index in [0.29, 0.717) is 41.6 Å². The number of imidazole rings is 1. The first-order valence-corrected chi connectivity index (χ1v) is 10.3. The van der Waals surface area contributed by atoms with Gasteiger partial charge in [0.25, 0.3) is 0 Å². The van der Waals surface area contributed by atoms with Crippen LogP contribution >= 0.6 is 0 Å². The van der Waals surface area contributed by atoms with Gasteiger partial charge in [0.2, 0.25) is 12.3 Å². The number of nitrogens with zero attached hydrogens (tertiary/aromatic N) is 7. The zero-order valence-corrected chi connectivity index (χ0v) is 17.6. The van der Waals surface area contributed by atoms with Crippen molar-refractivity contribution in [2.75, 3.05) is 18.4 Å². The Hall–Kier alpha value is -3.24. The van der Waals surface area contributed by atoms with Gasteiger partial charge in [-0.05, 0) is 20.3 Å². The van der Waals surface area contributed by atoms with Crippen molar-refractivity contribution < 1.29 is 13.6 Å². The molecule has 0 aromatic carbocycles. The highest BCUT2D eigenvalue weighted by Crippen LogP contribution is 2.28. The molecule has 0 spiro atoms. The van der Waals surface area contributed by atoms with Gasteiger partial charge in [-0.1, -0.05) is 6.92 Å². The molecule has 1 aliphatic heterocycles. The number of amides is 1. The number of anilines is 1. The van der Waals surface area contributed by atoms with Crippen molar-refractivity contribution in [3.63, 3.8) is 0 Å². The molecule has 4 heterocycles. The van der Waals surface area contributed by atoms with Crippen LogP contribution in [0, 0.1) is 12.8 Å². The summed E-state index contributed by atoms with van der Waals surface area (Å²) < 4.78 is 27.5. The molecule has 31 heavy (non-hydrogen) atoms. The SMILES string of the molecule is CC[C@@H](Nc1ncnc2c1nc(-c1cnc(C)nc1)n2CC)C(=O)N1CC(C(F)F)C1. The number of aryl methyl sites for hydroxylation is 2. The average molecular weight is 430 g/mol. The molecule has 0 bridgehead atoms. The minimum absolute atomic E-state index is 0.0793. The second-order valence-corrected chi connectivity index (χ2v) is 7.54. The summed E-state index contributed by atoms with van der Waals surface area (Å²) in [6.45, 7) is 6.43. The summed E-state index contributed by atoms with van der Waals surface area (Å²) in [5.74, 6) is 0.787. The topological polar surface area (TPSA) is 102 Å². The van der Waals surface area contributed by atoms with E-state index in [2.05, 4.69) is 25.3 Å². The molecule has 164 valence electrons. The van der Waals surface area contributed by atoms with Crippen LogP contribution < -0.4 is 5.32 Å². The molecule has 1 amide bonds. The molecule has 0 unspecified atom stereocenters. The molecular formula is C20H24F2N8O. The van der Waals surface area contributed by atoms with Crippen LogP contribution in [-0.2, 0) is 11.3 Å². The molecule has 9 nitrogen and oxygen atoms in total. The highest BCUT2D eigenvalue weighted by molar-refractivity contribution is 5.90. The Morgan fingerprint density at radius 1 is 1.19 bits per heavy atom. The van der Waals surface area contributed by atoms with Crippen LogP contribution in [0.3, 0.4) is 0 Å². The van der Waals surface area contributed by atoms with Gasteiger partial charge < -0.3 is 14.8 Å². The molecule has 1 N–H and O–H groups in total. The number of nitrogens with one attached hydrogen (secondary N) is 1. The van der Waals surface area contributed by atoms with Crippen LogP contribution in [0.1, 0.15) is 26.1 Å². The Balaban J connectivity index is 1.63. The van der Waals surface area contributed by atoms with Gasteiger partial charge in [0, 0.05) is 32.0 Å². The van der Waals surface area contributed by atoms with Crippen molar-refractivity contribution in [3.8, 4) is 11.4 Å². The number of alkyl halides is 2. The van der Waals surface area contributed by atoms with Crippen LogP contribution in [0.15, 0.2) is 18.7 Å². The van der Waals surface area contributed by atoms with Gasteiger partial charge >= 0.3 is 0 Å². The predicted octanol–water partition coefficient (Wildman–Crippen LogP) is 2.53. The molecule has 0 aliphatic carbocycles. The number of fused-ring (bicyclic) bond motifs is 1. The van der Waals surface area contributed by atoms with Gasteiger partial charge in [-0.2, -0.15) is 0 Å². The zero-order valence-electron chi connectivity index (χ0n) is 17.6. The van der Waals surface area contributed by atoms with E-state index in [1.54, 1.807) is 12.4 Å². The molecule has 0 saturated carbocycles. The van der Waals surface area contributed by atoms with Gasteiger partial charge in [0.05, 0.1) is 11.5 Å². The second kappa shape index (κ2) is 8.48. The lowest BCUT2D eigenvalue weighted by molar-refractivity contribution is -0.142. The Morgan fingerprint density at radius 3 is 2.52 bits per heavy atom. The summed E-state index contributed by atoms with van der Waals surface area (Å²) in [7, 11) is 0. The first-order chi connectivity index (χ1) is 14.9. The quantitative estimate of drug-likeness (QED) is 0.615. The first-order valence-electron chi connectivity index (χ1n) is 10.3. The third-order valence-electron chi connectivity index (χ3n) is 5.48. The summed E-state index contributed by atoms with van der Waals surface area (Å²) in [5, 5.41) is 3.15. The maximum atomic E-state index is 12.8. The fourth-order valence-electron chi connectivity index (χ4n) is 3.65. The van der Waals surface area contributed by atoms with Gasteiger partial charge in [-0.15, -0.1) is 0 Å². The standard InChI is InChI=1S/C20H24F2N8O/c1-4-14(20(31)29-8-13(9-29)16(21)22)27-17-15-19(26-10-25-17)30(5-2)18(28-15)12-6-23-11(3)24-7-12/h6-7,10,13-14,16H,4-5,8-9H2,1-3H3,(H,25,26,27)/t14-/m1/s1. The molecule has 0 radical (unpaired) electrons. The number of carbonyl (C=O) groups is 1. The Kier molecular flexibility index (Phi) is 5.75. The van der Waals surface area contributed by atoms with Gasteiger partial charge in [0.1, 0.15) is 24.0 Å². The minimum Gasteiger partial charge on any atom is -0.356 e. The third-order valence-corrected chi connectivity index (χ3v) is 5.48. The van der Waals surface area contributed by atoms with Crippen LogP contribution in [0.5, 0.6) is 0 Å². The lowest BCUT2D eigenvalue weighted by atomic mass is 9.99. The van der Waals surface area contributed by atoms with Crippen LogP contribution in [0.2, 0.25) is 0 Å². The van der Waals surface area contributed by atoms with Crippen molar-refractivity contribution in [1.82, 2.24) is 34.4 Å². The third kappa shape index (κ3) is 3.91.